The highest BCUT2D eigenvalue weighted by Crippen LogP contribution is 2.09. The van der Waals surface area contributed by atoms with Crippen LogP contribution in [0.3, 0.4) is 0 Å². The van der Waals surface area contributed by atoms with E-state index in [0.29, 0.717) is 6.54 Å². The third kappa shape index (κ3) is 3.81. The second kappa shape index (κ2) is 6.34. The van der Waals surface area contributed by atoms with Gasteiger partial charge in [0.15, 0.2) is 0 Å². The molecule has 0 unspecified atom stereocenters. The quantitative estimate of drug-likeness (QED) is 0.622. The molecule has 94 valence electrons. The number of nitrogens with zero attached hydrogens (tertiary/aromatic N) is 2. The van der Waals surface area contributed by atoms with Gasteiger partial charge in [0.2, 0.25) is 5.91 Å². The van der Waals surface area contributed by atoms with Crippen molar-refractivity contribution < 1.29 is 4.79 Å². The van der Waals surface area contributed by atoms with Gasteiger partial charge in [-0.25, -0.2) is 4.98 Å². The van der Waals surface area contributed by atoms with Gasteiger partial charge < -0.3 is 10.6 Å². The largest absolute Gasteiger partial charge is 0.356 e. The molecule has 1 atom stereocenters. The normalized spacial score (nSPS) is 20.1. The van der Waals surface area contributed by atoms with Crippen LogP contribution in [0.25, 0.3) is 0 Å². The molecular weight excluding hydrogens is 218 g/mol. The zero-order chi connectivity index (χ0) is 11.9. The molecule has 17 heavy (non-hydrogen) atoms. The van der Waals surface area contributed by atoms with Crippen LogP contribution in [0.15, 0.2) is 6.33 Å². The van der Waals surface area contributed by atoms with Gasteiger partial charge in [0, 0.05) is 19.5 Å². The van der Waals surface area contributed by atoms with Gasteiger partial charge in [0.1, 0.15) is 12.2 Å². The number of hydrogen-bond donors (Lipinski definition) is 3. The maximum atomic E-state index is 11.8. The van der Waals surface area contributed by atoms with Crippen LogP contribution in [-0.4, -0.2) is 40.7 Å². The van der Waals surface area contributed by atoms with Gasteiger partial charge in [-0.1, -0.05) is 0 Å². The van der Waals surface area contributed by atoms with Crippen molar-refractivity contribution in [3.63, 3.8) is 0 Å². The Morgan fingerprint density at radius 3 is 3.24 bits per heavy atom. The predicted molar refractivity (Wildman–Crippen MR) is 63.3 cm³/mol. The van der Waals surface area contributed by atoms with Crippen molar-refractivity contribution in [3.8, 4) is 0 Å². The SMILES string of the molecule is O=C(NCCCc1ncn[nH]1)[C@H]1CCCNC1. The number of aromatic amines is 1. The van der Waals surface area contributed by atoms with Crippen molar-refractivity contribution in [2.75, 3.05) is 19.6 Å². The number of amides is 1. The molecule has 1 aliphatic heterocycles. The number of nitrogens with one attached hydrogen (secondary N) is 3. The number of piperidine rings is 1. The fourth-order valence-corrected chi connectivity index (χ4v) is 2.04. The topological polar surface area (TPSA) is 82.7 Å². The maximum Gasteiger partial charge on any atom is 0.224 e. The lowest BCUT2D eigenvalue weighted by molar-refractivity contribution is -0.125. The molecule has 2 rings (SSSR count). The molecule has 0 aromatic carbocycles. The molecule has 0 aliphatic carbocycles. The van der Waals surface area contributed by atoms with E-state index in [9.17, 15) is 4.79 Å². The summed E-state index contributed by atoms with van der Waals surface area (Å²) in [4.78, 5) is 15.8. The molecule has 6 nitrogen and oxygen atoms in total. The van der Waals surface area contributed by atoms with Gasteiger partial charge in [-0.3, -0.25) is 9.89 Å². The third-order valence-electron chi connectivity index (χ3n) is 3.02. The van der Waals surface area contributed by atoms with Gasteiger partial charge in [-0.05, 0) is 25.8 Å². The Morgan fingerprint density at radius 1 is 1.59 bits per heavy atom. The lowest BCUT2D eigenvalue weighted by Crippen LogP contribution is -2.40. The van der Waals surface area contributed by atoms with Crippen LogP contribution in [-0.2, 0) is 11.2 Å². The summed E-state index contributed by atoms with van der Waals surface area (Å²) in [6.45, 7) is 2.55. The van der Waals surface area contributed by atoms with Crippen molar-refractivity contribution in [1.82, 2.24) is 25.8 Å². The summed E-state index contributed by atoms with van der Waals surface area (Å²) in [5.74, 6) is 1.20. The molecule has 6 heteroatoms. The van der Waals surface area contributed by atoms with Crippen molar-refractivity contribution >= 4 is 5.91 Å². The molecule has 0 saturated carbocycles. The number of H-pyrrole nitrogens is 1. The molecule has 0 bridgehead atoms. The van der Waals surface area contributed by atoms with Crippen molar-refractivity contribution in [1.29, 1.82) is 0 Å². The second-order valence-corrected chi connectivity index (χ2v) is 4.37. The minimum atomic E-state index is 0.147. The number of hydrogen-bond acceptors (Lipinski definition) is 4. The summed E-state index contributed by atoms with van der Waals surface area (Å²) < 4.78 is 0. The van der Waals surface area contributed by atoms with Crippen molar-refractivity contribution in [3.05, 3.63) is 12.2 Å². The fraction of sp³-hybridized carbons (Fsp3) is 0.727. The smallest absolute Gasteiger partial charge is 0.224 e. The molecule has 1 aromatic heterocycles. The lowest BCUT2D eigenvalue weighted by Gasteiger charge is -2.21. The van der Waals surface area contributed by atoms with Crippen LogP contribution in [0.2, 0.25) is 0 Å². The monoisotopic (exact) mass is 237 g/mol. The second-order valence-electron chi connectivity index (χ2n) is 4.37. The highest BCUT2D eigenvalue weighted by atomic mass is 16.1. The van der Waals surface area contributed by atoms with Crippen LogP contribution >= 0.6 is 0 Å². The zero-order valence-electron chi connectivity index (χ0n) is 9.91. The Kier molecular flexibility index (Phi) is 4.49. The standard InChI is InChI=1S/C11H19N5O/c17-11(9-3-1-5-12-7-9)13-6-2-4-10-14-8-15-16-10/h8-9,12H,1-7H2,(H,13,17)(H,14,15,16)/t9-/m0/s1. The Hall–Kier alpha value is -1.43. The highest BCUT2D eigenvalue weighted by Gasteiger charge is 2.19. The van der Waals surface area contributed by atoms with Gasteiger partial charge in [0.05, 0.1) is 5.92 Å². The van der Waals surface area contributed by atoms with E-state index in [1.54, 1.807) is 0 Å². The third-order valence-corrected chi connectivity index (χ3v) is 3.02. The minimum Gasteiger partial charge on any atom is -0.356 e. The average molecular weight is 237 g/mol. The molecule has 1 saturated heterocycles. The minimum absolute atomic E-state index is 0.147. The first-order valence-electron chi connectivity index (χ1n) is 6.19. The molecule has 1 amide bonds. The summed E-state index contributed by atoms with van der Waals surface area (Å²) in [6, 6.07) is 0. The lowest BCUT2D eigenvalue weighted by atomic mass is 9.99. The van der Waals surface area contributed by atoms with Crippen molar-refractivity contribution in [2.45, 2.75) is 25.7 Å². The number of carbonyl (C=O) groups excluding carboxylic acids is 1. The summed E-state index contributed by atoms with van der Waals surface area (Å²) >= 11 is 0. The van der Waals surface area contributed by atoms with Crippen LogP contribution in [0.1, 0.15) is 25.1 Å². The van der Waals surface area contributed by atoms with Crippen LogP contribution in [0, 0.1) is 5.92 Å². The van der Waals surface area contributed by atoms with E-state index in [-0.39, 0.29) is 11.8 Å². The average Bonchev–Trinajstić information content (AvgIpc) is 2.88. The molecule has 1 aliphatic rings. The summed E-state index contributed by atoms with van der Waals surface area (Å²) in [7, 11) is 0. The molecule has 3 N–H and O–H groups in total. The first kappa shape index (κ1) is 12.0. The molecule has 0 spiro atoms. The Bertz CT molecular complexity index is 332. The van der Waals surface area contributed by atoms with E-state index in [4.69, 9.17) is 0 Å². The van der Waals surface area contributed by atoms with Gasteiger partial charge in [0.25, 0.3) is 0 Å². The van der Waals surface area contributed by atoms with Gasteiger partial charge in [-0.2, -0.15) is 5.10 Å². The molecule has 1 aromatic rings. The van der Waals surface area contributed by atoms with E-state index < -0.39 is 0 Å². The maximum absolute atomic E-state index is 11.8. The first-order valence-corrected chi connectivity index (χ1v) is 6.19. The Morgan fingerprint density at radius 2 is 2.53 bits per heavy atom. The van der Waals surface area contributed by atoms with E-state index in [1.165, 1.54) is 6.33 Å². The van der Waals surface area contributed by atoms with E-state index >= 15 is 0 Å². The van der Waals surface area contributed by atoms with E-state index in [0.717, 1.165) is 44.6 Å². The molecule has 1 fully saturated rings. The number of aryl methyl sites for hydroxylation is 1. The van der Waals surface area contributed by atoms with E-state index in [1.807, 2.05) is 0 Å². The molecule has 2 heterocycles. The number of aromatic nitrogens is 3. The van der Waals surface area contributed by atoms with Crippen LogP contribution in [0.5, 0.6) is 0 Å². The fourth-order valence-electron chi connectivity index (χ4n) is 2.04. The summed E-state index contributed by atoms with van der Waals surface area (Å²) in [6.07, 6.45) is 5.31. The van der Waals surface area contributed by atoms with Crippen molar-refractivity contribution in [2.24, 2.45) is 5.92 Å². The van der Waals surface area contributed by atoms with Crippen LogP contribution < -0.4 is 10.6 Å². The Labute approximate surface area is 101 Å². The molecular formula is C11H19N5O. The van der Waals surface area contributed by atoms with Crippen LogP contribution in [0.4, 0.5) is 0 Å². The molecule has 0 radical (unpaired) electrons. The first-order chi connectivity index (χ1) is 8.36. The van der Waals surface area contributed by atoms with E-state index in [2.05, 4.69) is 25.8 Å². The summed E-state index contributed by atoms with van der Waals surface area (Å²) in [5, 5.41) is 12.8. The zero-order valence-corrected chi connectivity index (χ0v) is 9.91. The Balaban J connectivity index is 1.59. The van der Waals surface area contributed by atoms with Gasteiger partial charge in [-0.15, -0.1) is 0 Å². The van der Waals surface area contributed by atoms with Gasteiger partial charge >= 0.3 is 0 Å². The predicted octanol–water partition coefficient (Wildman–Crippen LogP) is -0.147. The number of rotatable bonds is 5. The summed E-state index contributed by atoms with van der Waals surface area (Å²) in [5.41, 5.74) is 0. The highest BCUT2D eigenvalue weighted by molar-refractivity contribution is 5.78. The number of carbonyl (C=O) groups is 1.